The topological polar surface area (TPSA) is 50.7 Å². The molecule has 1 aromatic carbocycles. The van der Waals surface area contributed by atoms with Gasteiger partial charge in [-0.15, -0.1) is 0 Å². The molecule has 0 aliphatic heterocycles. The number of benzene rings is 1. The Balaban J connectivity index is 2.88. The summed E-state index contributed by atoms with van der Waals surface area (Å²) in [4.78, 5) is 0. The Hall–Kier alpha value is -0.970. The number of aliphatic hydroxyl groups is 1. The fourth-order valence-electron chi connectivity index (χ4n) is 1.86. The lowest BCUT2D eigenvalue weighted by Crippen LogP contribution is -2.21. The zero-order valence-corrected chi connectivity index (χ0v) is 14.0. The van der Waals surface area contributed by atoms with E-state index < -0.39 is 6.10 Å². The lowest BCUT2D eigenvalue weighted by molar-refractivity contribution is 0.102. The van der Waals surface area contributed by atoms with Crippen LogP contribution in [0, 0.1) is 5.92 Å². The molecule has 1 aromatic rings. The first-order chi connectivity index (χ1) is 9.97. The molecule has 1 unspecified atom stereocenters. The minimum absolute atomic E-state index is 0.242. The van der Waals surface area contributed by atoms with Crippen LogP contribution in [0.5, 0.6) is 11.5 Å². The molecule has 0 saturated carbocycles. The summed E-state index contributed by atoms with van der Waals surface area (Å²) in [5.74, 6) is 1.80. The maximum absolute atomic E-state index is 9.67. The third kappa shape index (κ3) is 6.12. The van der Waals surface area contributed by atoms with E-state index in [0.717, 1.165) is 12.1 Å². The maximum atomic E-state index is 9.67. The van der Waals surface area contributed by atoms with E-state index in [-0.39, 0.29) is 6.61 Å². The van der Waals surface area contributed by atoms with Crippen molar-refractivity contribution in [2.45, 2.75) is 39.8 Å². The average Bonchev–Trinajstić information content (AvgIpc) is 2.44. The lowest BCUT2D eigenvalue weighted by Gasteiger charge is -2.18. The van der Waals surface area contributed by atoms with Crippen molar-refractivity contribution < 1.29 is 14.6 Å². The molecule has 0 heterocycles. The molecule has 120 valence electrons. The molecule has 0 radical (unpaired) electrons. The van der Waals surface area contributed by atoms with Crippen molar-refractivity contribution >= 4 is 11.6 Å². The van der Waals surface area contributed by atoms with Gasteiger partial charge in [-0.1, -0.05) is 32.4 Å². The molecule has 0 aliphatic carbocycles. The Morgan fingerprint density at radius 1 is 1.33 bits per heavy atom. The molecule has 0 bridgehead atoms. The van der Waals surface area contributed by atoms with Crippen LogP contribution in [0.4, 0.5) is 0 Å². The summed E-state index contributed by atoms with van der Waals surface area (Å²) in [6, 6.07) is 3.59. The first kappa shape index (κ1) is 18.1. The zero-order chi connectivity index (χ0) is 15.8. The summed E-state index contributed by atoms with van der Waals surface area (Å²) in [6.07, 6.45) is 0.165. The molecule has 0 aliphatic rings. The van der Waals surface area contributed by atoms with Gasteiger partial charge in [0.25, 0.3) is 0 Å². The summed E-state index contributed by atoms with van der Waals surface area (Å²) in [7, 11) is 1.58. The van der Waals surface area contributed by atoms with Gasteiger partial charge in [0.2, 0.25) is 0 Å². The quantitative estimate of drug-likeness (QED) is 0.734. The van der Waals surface area contributed by atoms with E-state index in [9.17, 15) is 5.11 Å². The fourth-order valence-corrected chi connectivity index (χ4v) is 2.09. The van der Waals surface area contributed by atoms with Crippen molar-refractivity contribution in [2.75, 3.05) is 20.3 Å². The highest BCUT2D eigenvalue weighted by molar-refractivity contribution is 6.30. The van der Waals surface area contributed by atoms with Crippen molar-refractivity contribution in [1.82, 2.24) is 5.32 Å². The van der Waals surface area contributed by atoms with Gasteiger partial charge < -0.3 is 19.9 Å². The van der Waals surface area contributed by atoms with Crippen LogP contribution in [-0.4, -0.2) is 31.5 Å². The average molecular weight is 316 g/mol. The van der Waals surface area contributed by atoms with Crippen LogP contribution in [-0.2, 0) is 6.54 Å². The molecule has 0 fully saturated rings. The Morgan fingerprint density at radius 2 is 2.05 bits per heavy atom. The van der Waals surface area contributed by atoms with Crippen LogP contribution in [0.25, 0.3) is 0 Å². The van der Waals surface area contributed by atoms with Crippen LogP contribution in [0.3, 0.4) is 0 Å². The fraction of sp³-hybridized carbons (Fsp3) is 0.625. The van der Waals surface area contributed by atoms with Crippen LogP contribution < -0.4 is 14.8 Å². The number of halogens is 1. The van der Waals surface area contributed by atoms with E-state index in [2.05, 4.69) is 19.2 Å². The maximum Gasteiger partial charge on any atom is 0.165 e. The highest BCUT2D eigenvalue weighted by Gasteiger charge is 2.14. The minimum Gasteiger partial charge on any atom is -0.493 e. The van der Waals surface area contributed by atoms with Crippen LogP contribution >= 0.6 is 11.6 Å². The van der Waals surface area contributed by atoms with Crippen molar-refractivity contribution in [2.24, 2.45) is 5.92 Å². The first-order valence-electron chi connectivity index (χ1n) is 7.35. The van der Waals surface area contributed by atoms with Gasteiger partial charge in [-0.2, -0.15) is 0 Å². The molecule has 4 nitrogen and oxygen atoms in total. The van der Waals surface area contributed by atoms with E-state index >= 15 is 0 Å². The molecule has 21 heavy (non-hydrogen) atoms. The highest BCUT2D eigenvalue weighted by atomic mass is 35.5. The van der Waals surface area contributed by atoms with E-state index in [1.807, 2.05) is 13.0 Å². The van der Waals surface area contributed by atoms with E-state index in [4.69, 9.17) is 21.1 Å². The van der Waals surface area contributed by atoms with Crippen LogP contribution in [0.2, 0.25) is 5.02 Å². The molecule has 0 amide bonds. The van der Waals surface area contributed by atoms with E-state index in [0.29, 0.717) is 35.4 Å². The number of hydrogen-bond acceptors (Lipinski definition) is 4. The van der Waals surface area contributed by atoms with E-state index in [1.165, 1.54) is 0 Å². The molecule has 1 atom stereocenters. The van der Waals surface area contributed by atoms with Crippen molar-refractivity contribution in [1.29, 1.82) is 0 Å². The number of rotatable bonds is 9. The third-order valence-electron chi connectivity index (χ3n) is 3.08. The molecule has 2 N–H and O–H groups in total. The highest BCUT2D eigenvalue weighted by Crippen LogP contribution is 2.35. The monoisotopic (exact) mass is 315 g/mol. The van der Waals surface area contributed by atoms with Gasteiger partial charge in [0, 0.05) is 23.2 Å². The summed E-state index contributed by atoms with van der Waals surface area (Å²) in [6.45, 7) is 8.02. The minimum atomic E-state index is -0.484. The Bertz CT molecular complexity index is 438. The summed E-state index contributed by atoms with van der Waals surface area (Å²) >= 11 is 6.12. The Labute approximate surface area is 132 Å². The molecule has 0 saturated heterocycles. The zero-order valence-electron chi connectivity index (χ0n) is 13.3. The number of ether oxygens (including phenoxy) is 2. The van der Waals surface area contributed by atoms with Crippen LogP contribution in [0.15, 0.2) is 12.1 Å². The standard InChI is InChI=1S/C16H26ClNO3/c1-5-14(19)10-21-16-12(9-18-8-11(2)3)6-13(17)7-15(16)20-4/h6-7,11,14,18-19H,5,8-10H2,1-4H3. The number of hydrogen-bond donors (Lipinski definition) is 2. The Kier molecular flexibility index (Phi) is 7.86. The van der Waals surface area contributed by atoms with Gasteiger partial charge in [-0.3, -0.25) is 0 Å². The second-order valence-electron chi connectivity index (χ2n) is 5.49. The molecule has 0 aromatic heterocycles. The van der Waals surface area contributed by atoms with Gasteiger partial charge in [-0.05, 0) is 24.9 Å². The molecule has 1 rings (SSSR count). The lowest BCUT2D eigenvalue weighted by atomic mass is 10.1. The van der Waals surface area contributed by atoms with Crippen LogP contribution in [0.1, 0.15) is 32.8 Å². The van der Waals surface area contributed by atoms with Crippen molar-refractivity contribution in [3.05, 3.63) is 22.7 Å². The normalized spacial score (nSPS) is 12.5. The molecular weight excluding hydrogens is 290 g/mol. The predicted molar refractivity (Wildman–Crippen MR) is 86.3 cm³/mol. The summed E-state index contributed by atoms with van der Waals surface area (Å²) < 4.78 is 11.1. The van der Waals surface area contributed by atoms with Gasteiger partial charge in [0.15, 0.2) is 11.5 Å². The smallest absolute Gasteiger partial charge is 0.165 e. The predicted octanol–water partition coefficient (Wildman–Crippen LogP) is 3.24. The summed E-state index contributed by atoms with van der Waals surface area (Å²) in [5.41, 5.74) is 0.934. The molecular formula is C16H26ClNO3. The van der Waals surface area contributed by atoms with Gasteiger partial charge in [0.05, 0.1) is 13.2 Å². The SMILES string of the molecule is CCC(O)COc1c(CNCC(C)C)cc(Cl)cc1OC. The summed E-state index contributed by atoms with van der Waals surface area (Å²) in [5, 5.41) is 13.6. The van der Waals surface area contributed by atoms with Gasteiger partial charge in [-0.25, -0.2) is 0 Å². The molecule has 5 heteroatoms. The third-order valence-corrected chi connectivity index (χ3v) is 3.29. The first-order valence-corrected chi connectivity index (χ1v) is 7.73. The number of methoxy groups -OCH3 is 1. The van der Waals surface area contributed by atoms with E-state index in [1.54, 1.807) is 13.2 Å². The number of nitrogens with one attached hydrogen (secondary N) is 1. The van der Waals surface area contributed by atoms with Gasteiger partial charge in [0.1, 0.15) is 6.61 Å². The second-order valence-corrected chi connectivity index (χ2v) is 5.93. The second kappa shape index (κ2) is 9.13. The van der Waals surface area contributed by atoms with Crippen molar-refractivity contribution in [3.8, 4) is 11.5 Å². The largest absolute Gasteiger partial charge is 0.493 e. The molecule has 0 spiro atoms. The van der Waals surface area contributed by atoms with Crippen molar-refractivity contribution in [3.63, 3.8) is 0 Å². The Morgan fingerprint density at radius 3 is 2.62 bits per heavy atom. The number of aliphatic hydroxyl groups excluding tert-OH is 1. The van der Waals surface area contributed by atoms with Gasteiger partial charge >= 0.3 is 0 Å².